The summed E-state index contributed by atoms with van der Waals surface area (Å²) in [6.07, 6.45) is 0.894. The highest BCUT2D eigenvalue weighted by molar-refractivity contribution is 7.99. The maximum atomic E-state index is 6.06. The van der Waals surface area contributed by atoms with Gasteiger partial charge in [0.15, 0.2) is 0 Å². The molecule has 3 aromatic rings. The van der Waals surface area contributed by atoms with Crippen molar-refractivity contribution in [2.75, 3.05) is 0 Å². The van der Waals surface area contributed by atoms with E-state index in [9.17, 15) is 0 Å². The van der Waals surface area contributed by atoms with Gasteiger partial charge < -0.3 is 0 Å². The van der Waals surface area contributed by atoms with Crippen molar-refractivity contribution >= 4 is 34.8 Å². The molecule has 3 aromatic carbocycles. The number of hydrogen-bond donors (Lipinski definition) is 0. The molecule has 0 aromatic heterocycles. The van der Waals surface area contributed by atoms with Gasteiger partial charge in [-0.25, -0.2) is 0 Å². The van der Waals surface area contributed by atoms with Gasteiger partial charge in [-0.05, 0) is 35.4 Å². The average molecular weight is 350 g/mol. The highest BCUT2D eigenvalue weighted by Gasteiger charge is 2.22. The zero-order valence-corrected chi connectivity index (χ0v) is 14.6. The SMILES string of the molecule is Clc1ccc([C@H]2CC(c3ccccc3)=Nc3ccccc3S2)cc1. The van der Waals surface area contributed by atoms with Crippen molar-refractivity contribution < 1.29 is 0 Å². The second-order valence-electron chi connectivity index (χ2n) is 5.75. The zero-order chi connectivity index (χ0) is 16.4. The van der Waals surface area contributed by atoms with Gasteiger partial charge in [0.05, 0.1) is 5.69 Å². The van der Waals surface area contributed by atoms with Gasteiger partial charge in [-0.2, -0.15) is 0 Å². The fourth-order valence-corrected chi connectivity index (χ4v) is 4.25. The monoisotopic (exact) mass is 349 g/mol. The summed E-state index contributed by atoms with van der Waals surface area (Å²) in [5.74, 6) is 0. The number of nitrogens with zero attached hydrogens (tertiary/aromatic N) is 1. The maximum absolute atomic E-state index is 6.06. The first kappa shape index (κ1) is 15.5. The molecule has 1 atom stereocenters. The van der Waals surface area contributed by atoms with Gasteiger partial charge in [-0.1, -0.05) is 66.2 Å². The normalized spacial score (nSPS) is 16.9. The molecule has 0 fully saturated rings. The first-order valence-corrected chi connectivity index (χ1v) is 9.19. The second-order valence-corrected chi connectivity index (χ2v) is 7.44. The van der Waals surface area contributed by atoms with E-state index < -0.39 is 0 Å². The number of benzene rings is 3. The van der Waals surface area contributed by atoms with E-state index in [2.05, 4.69) is 54.6 Å². The van der Waals surface area contributed by atoms with Crippen LogP contribution in [0.15, 0.2) is 88.8 Å². The Kier molecular flexibility index (Phi) is 4.42. The number of para-hydroxylation sites is 1. The lowest BCUT2D eigenvalue weighted by Crippen LogP contribution is -2.05. The molecule has 1 nitrogen and oxygen atoms in total. The lowest BCUT2D eigenvalue weighted by Gasteiger charge is -2.16. The Bertz CT molecular complexity index is 872. The molecular weight excluding hydrogens is 334 g/mol. The molecular formula is C21H16ClNS. The minimum absolute atomic E-state index is 0.324. The summed E-state index contributed by atoms with van der Waals surface area (Å²) in [6.45, 7) is 0. The molecule has 0 unspecified atom stereocenters. The summed E-state index contributed by atoms with van der Waals surface area (Å²) in [5, 5.41) is 1.10. The Balaban J connectivity index is 1.79. The smallest absolute Gasteiger partial charge is 0.0769 e. The molecule has 0 amide bonds. The van der Waals surface area contributed by atoms with E-state index in [0.29, 0.717) is 5.25 Å². The van der Waals surface area contributed by atoms with Crippen molar-refractivity contribution in [3.63, 3.8) is 0 Å². The molecule has 0 saturated heterocycles. The molecule has 0 radical (unpaired) electrons. The van der Waals surface area contributed by atoms with E-state index >= 15 is 0 Å². The van der Waals surface area contributed by atoms with Crippen molar-refractivity contribution in [1.82, 2.24) is 0 Å². The van der Waals surface area contributed by atoms with Crippen molar-refractivity contribution in [3.05, 3.63) is 95.0 Å². The van der Waals surface area contributed by atoms with Crippen LogP contribution in [0.1, 0.15) is 22.8 Å². The molecule has 4 rings (SSSR count). The Morgan fingerprint density at radius 1 is 0.833 bits per heavy atom. The Morgan fingerprint density at radius 3 is 2.33 bits per heavy atom. The summed E-state index contributed by atoms with van der Waals surface area (Å²) in [5.41, 5.74) is 4.66. The molecule has 0 N–H and O–H groups in total. The Labute approximate surface area is 151 Å². The first-order valence-electron chi connectivity index (χ1n) is 7.94. The van der Waals surface area contributed by atoms with Crippen LogP contribution in [0.2, 0.25) is 5.02 Å². The largest absolute Gasteiger partial charge is 0.252 e. The van der Waals surface area contributed by atoms with E-state index in [4.69, 9.17) is 16.6 Å². The summed E-state index contributed by atoms with van der Waals surface area (Å²) in [7, 11) is 0. The lowest BCUT2D eigenvalue weighted by atomic mass is 10.0. The van der Waals surface area contributed by atoms with Crippen LogP contribution in [0, 0.1) is 0 Å². The number of aliphatic imine (C=N–C) groups is 1. The highest BCUT2D eigenvalue weighted by Crippen LogP contribution is 2.45. The van der Waals surface area contributed by atoms with Crippen LogP contribution >= 0.6 is 23.4 Å². The van der Waals surface area contributed by atoms with Gasteiger partial charge in [-0.15, -0.1) is 11.8 Å². The lowest BCUT2D eigenvalue weighted by molar-refractivity contribution is 1.01. The summed E-state index contributed by atoms with van der Waals surface area (Å²) < 4.78 is 0. The number of fused-ring (bicyclic) bond motifs is 1. The van der Waals surface area contributed by atoms with Crippen LogP contribution < -0.4 is 0 Å². The van der Waals surface area contributed by atoms with Gasteiger partial charge in [-0.3, -0.25) is 4.99 Å². The quantitative estimate of drug-likeness (QED) is 0.501. The average Bonchev–Trinajstić information content (AvgIpc) is 2.83. The summed E-state index contributed by atoms with van der Waals surface area (Å²) in [4.78, 5) is 6.20. The van der Waals surface area contributed by atoms with Crippen LogP contribution in [0.4, 0.5) is 5.69 Å². The Hall–Kier alpha value is -2.03. The Morgan fingerprint density at radius 2 is 1.54 bits per heavy atom. The van der Waals surface area contributed by atoms with Crippen LogP contribution in [0.25, 0.3) is 0 Å². The van der Waals surface area contributed by atoms with Gasteiger partial charge >= 0.3 is 0 Å². The van der Waals surface area contributed by atoms with Crippen molar-refractivity contribution in [2.45, 2.75) is 16.6 Å². The highest BCUT2D eigenvalue weighted by atomic mass is 35.5. The number of hydrogen-bond acceptors (Lipinski definition) is 2. The van der Waals surface area contributed by atoms with E-state index in [-0.39, 0.29) is 0 Å². The third kappa shape index (κ3) is 3.26. The van der Waals surface area contributed by atoms with Crippen LogP contribution in [-0.4, -0.2) is 5.71 Å². The van der Waals surface area contributed by atoms with Crippen LogP contribution in [0.5, 0.6) is 0 Å². The van der Waals surface area contributed by atoms with E-state index in [1.54, 1.807) is 0 Å². The minimum Gasteiger partial charge on any atom is -0.252 e. The summed E-state index contributed by atoms with van der Waals surface area (Å²) in [6, 6.07) is 27.0. The molecule has 1 heterocycles. The molecule has 0 aliphatic carbocycles. The van der Waals surface area contributed by atoms with Gasteiger partial charge in [0, 0.05) is 27.3 Å². The van der Waals surface area contributed by atoms with Gasteiger partial charge in [0.2, 0.25) is 0 Å². The van der Waals surface area contributed by atoms with Crippen molar-refractivity contribution in [2.24, 2.45) is 4.99 Å². The number of rotatable bonds is 2. The molecule has 0 bridgehead atoms. The predicted molar refractivity (Wildman–Crippen MR) is 104 cm³/mol. The van der Waals surface area contributed by atoms with E-state index in [0.717, 1.165) is 22.8 Å². The fraction of sp³-hybridized carbons (Fsp3) is 0.0952. The maximum Gasteiger partial charge on any atom is 0.0769 e. The topological polar surface area (TPSA) is 12.4 Å². The first-order chi connectivity index (χ1) is 11.8. The zero-order valence-electron chi connectivity index (χ0n) is 13.0. The van der Waals surface area contributed by atoms with Crippen LogP contribution in [-0.2, 0) is 0 Å². The van der Waals surface area contributed by atoms with E-state index in [1.807, 2.05) is 36.0 Å². The van der Waals surface area contributed by atoms with Crippen LogP contribution in [0.3, 0.4) is 0 Å². The fourth-order valence-electron chi connectivity index (χ4n) is 2.89. The second kappa shape index (κ2) is 6.84. The summed E-state index contributed by atoms with van der Waals surface area (Å²) >= 11 is 7.94. The molecule has 118 valence electrons. The molecule has 0 spiro atoms. The standard InChI is InChI=1S/C21H16ClNS/c22-17-12-10-16(11-13-17)21-14-19(15-6-2-1-3-7-15)23-18-8-4-5-9-20(18)24-21/h1-13,21H,14H2/t21-/m1/s1. The van der Waals surface area contributed by atoms with Gasteiger partial charge in [0.25, 0.3) is 0 Å². The number of halogens is 1. The van der Waals surface area contributed by atoms with Crippen molar-refractivity contribution in [3.8, 4) is 0 Å². The predicted octanol–water partition coefficient (Wildman–Crippen LogP) is 6.70. The number of thioether (sulfide) groups is 1. The van der Waals surface area contributed by atoms with Crippen molar-refractivity contribution in [1.29, 1.82) is 0 Å². The molecule has 0 saturated carbocycles. The molecule has 3 heteroatoms. The molecule has 1 aliphatic rings. The third-order valence-electron chi connectivity index (χ3n) is 4.12. The van der Waals surface area contributed by atoms with E-state index in [1.165, 1.54) is 16.0 Å². The molecule has 1 aliphatic heterocycles. The minimum atomic E-state index is 0.324. The third-order valence-corrected chi connectivity index (χ3v) is 5.69. The van der Waals surface area contributed by atoms with Gasteiger partial charge in [0.1, 0.15) is 0 Å². The molecule has 24 heavy (non-hydrogen) atoms.